The molecule has 3 aliphatic heterocycles. The first-order valence-corrected chi connectivity index (χ1v) is 8.50. The van der Waals surface area contributed by atoms with Crippen LogP contribution >= 0.6 is 0 Å². The Morgan fingerprint density at radius 1 is 1.14 bits per heavy atom. The fourth-order valence-electron chi connectivity index (χ4n) is 3.83. The molecule has 1 spiro atoms. The van der Waals surface area contributed by atoms with Crippen molar-refractivity contribution in [3.05, 3.63) is 0 Å². The van der Waals surface area contributed by atoms with Crippen LogP contribution < -0.4 is 0 Å². The summed E-state index contributed by atoms with van der Waals surface area (Å²) >= 11 is 0. The van der Waals surface area contributed by atoms with Gasteiger partial charge in [-0.1, -0.05) is 0 Å². The first kappa shape index (κ1) is 15.7. The van der Waals surface area contributed by atoms with Crippen molar-refractivity contribution in [2.45, 2.75) is 37.7 Å². The van der Waals surface area contributed by atoms with Gasteiger partial charge in [-0.3, -0.25) is 14.5 Å². The van der Waals surface area contributed by atoms with E-state index in [9.17, 15) is 9.59 Å². The molecule has 3 rings (SSSR count). The minimum absolute atomic E-state index is 0.0451. The standard InChI is InChI=1S/C16H27N3O3/c1-17-7-3-2-6-16(15(17)21)13-19(10-11-22-16)14(20)12-18-8-4-5-9-18/h2-13H2,1H3. The Labute approximate surface area is 132 Å². The van der Waals surface area contributed by atoms with Gasteiger partial charge in [0.05, 0.1) is 19.7 Å². The highest BCUT2D eigenvalue weighted by Gasteiger charge is 2.47. The molecule has 0 saturated carbocycles. The molecule has 3 saturated heterocycles. The van der Waals surface area contributed by atoms with Crippen LogP contribution in [0, 0.1) is 0 Å². The van der Waals surface area contributed by atoms with Crippen LogP contribution in [0.5, 0.6) is 0 Å². The number of hydrogen-bond donors (Lipinski definition) is 0. The molecule has 124 valence electrons. The van der Waals surface area contributed by atoms with Gasteiger partial charge in [0.2, 0.25) is 5.91 Å². The van der Waals surface area contributed by atoms with Crippen molar-refractivity contribution >= 4 is 11.8 Å². The van der Waals surface area contributed by atoms with E-state index >= 15 is 0 Å². The number of hydrogen-bond acceptors (Lipinski definition) is 4. The number of likely N-dealkylation sites (tertiary alicyclic amines) is 2. The second kappa shape index (κ2) is 6.54. The second-order valence-electron chi connectivity index (χ2n) is 6.83. The number of morpholine rings is 1. The molecule has 1 atom stereocenters. The van der Waals surface area contributed by atoms with E-state index in [1.54, 1.807) is 4.90 Å². The van der Waals surface area contributed by atoms with Gasteiger partial charge < -0.3 is 14.5 Å². The number of likely N-dealkylation sites (N-methyl/N-ethyl adjacent to an activating group) is 1. The van der Waals surface area contributed by atoms with Crippen LogP contribution in [0.3, 0.4) is 0 Å². The van der Waals surface area contributed by atoms with Gasteiger partial charge in [-0.05, 0) is 45.2 Å². The second-order valence-corrected chi connectivity index (χ2v) is 6.83. The molecule has 2 amide bonds. The Morgan fingerprint density at radius 2 is 1.86 bits per heavy atom. The van der Waals surface area contributed by atoms with Gasteiger partial charge in [-0.25, -0.2) is 0 Å². The third kappa shape index (κ3) is 3.13. The SMILES string of the molecule is CN1CCCCC2(CN(C(=O)CN3CCCC3)CCO2)C1=O. The lowest BCUT2D eigenvalue weighted by atomic mass is 9.94. The zero-order valence-corrected chi connectivity index (χ0v) is 13.6. The van der Waals surface area contributed by atoms with Gasteiger partial charge >= 0.3 is 0 Å². The average molecular weight is 309 g/mol. The highest BCUT2D eigenvalue weighted by atomic mass is 16.5. The van der Waals surface area contributed by atoms with E-state index in [1.165, 1.54) is 12.8 Å². The summed E-state index contributed by atoms with van der Waals surface area (Å²) in [6, 6.07) is 0. The zero-order chi connectivity index (χ0) is 15.6. The minimum atomic E-state index is -0.801. The lowest BCUT2D eigenvalue weighted by Gasteiger charge is -2.42. The topological polar surface area (TPSA) is 53.1 Å². The summed E-state index contributed by atoms with van der Waals surface area (Å²) in [5, 5.41) is 0. The van der Waals surface area contributed by atoms with Crippen molar-refractivity contribution in [3.8, 4) is 0 Å². The quantitative estimate of drug-likeness (QED) is 0.737. The van der Waals surface area contributed by atoms with Gasteiger partial charge in [0.25, 0.3) is 5.91 Å². The summed E-state index contributed by atoms with van der Waals surface area (Å²) in [5.41, 5.74) is -0.801. The van der Waals surface area contributed by atoms with Crippen LogP contribution in [0.25, 0.3) is 0 Å². The summed E-state index contributed by atoms with van der Waals surface area (Å²) in [6.07, 6.45) is 5.08. The Morgan fingerprint density at radius 3 is 2.64 bits per heavy atom. The maximum Gasteiger partial charge on any atom is 0.256 e. The molecule has 3 heterocycles. The Bertz CT molecular complexity index is 436. The van der Waals surface area contributed by atoms with E-state index < -0.39 is 5.60 Å². The van der Waals surface area contributed by atoms with Crippen LogP contribution in [-0.4, -0.2) is 85.0 Å². The molecule has 0 aromatic heterocycles. The van der Waals surface area contributed by atoms with E-state index in [1.807, 2.05) is 11.9 Å². The maximum absolute atomic E-state index is 12.7. The molecule has 0 N–H and O–H groups in total. The number of carbonyl (C=O) groups is 2. The lowest BCUT2D eigenvalue weighted by Crippen LogP contribution is -2.61. The molecular weight excluding hydrogens is 282 g/mol. The van der Waals surface area contributed by atoms with Crippen LogP contribution in [0.15, 0.2) is 0 Å². The van der Waals surface area contributed by atoms with E-state index in [4.69, 9.17) is 4.74 Å². The Hall–Kier alpha value is -1.14. The monoisotopic (exact) mass is 309 g/mol. The smallest absolute Gasteiger partial charge is 0.256 e. The predicted molar refractivity (Wildman–Crippen MR) is 82.4 cm³/mol. The van der Waals surface area contributed by atoms with Crippen LogP contribution in [0.1, 0.15) is 32.1 Å². The van der Waals surface area contributed by atoms with Gasteiger partial charge in [-0.15, -0.1) is 0 Å². The highest BCUT2D eigenvalue weighted by molar-refractivity contribution is 5.87. The largest absolute Gasteiger partial charge is 0.361 e. The molecule has 1 unspecified atom stereocenters. The van der Waals surface area contributed by atoms with E-state index in [0.717, 1.165) is 38.9 Å². The summed E-state index contributed by atoms with van der Waals surface area (Å²) in [4.78, 5) is 31.1. The molecule has 6 nitrogen and oxygen atoms in total. The third-order valence-electron chi connectivity index (χ3n) is 5.16. The number of rotatable bonds is 2. The minimum Gasteiger partial charge on any atom is -0.361 e. The first-order chi connectivity index (χ1) is 10.6. The number of ether oxygens (including phenoxy) is 1. The van der Waals surface area contributed by atoms with Gasteiger partial charge in [-0.2, -0.15) is 0 Å². The molecule has 3 aliphatic rings. The molecule has 0 aliphatic carbocycles. The van der Waals surface area contributed by atoms with Gasteiger partial charge in [0.15, 0.2) is 5.60 Å². The van der Waals surface area contributed by atoms with Crippen molar-refractivity contribution in [2.75, 3.05) is 52.9 Å². The maximum atomic E-state index is 12.7. The highest BCUT2D eigenvalue weighted by Crippen LogP contribution is 2.29. The van der Waals surface area contributed by atoms with Crippen molar-refractivity contribution in [2.24, 2.45) is 0 Å². The van der Waals surface area contributed by atoms with E-state index in [-0.39, 0.29) is 11.8 Å². The van der Waals surface area contributed by atoms with E-state index in [0.29, 0.717) is 26.2 Å². The summed E-state index contributed by atoms with van der Waals surface area (Å²) < 4.78 is 5.92. The number of amides is 2. The van der Waals surface area contributed by atoms with Crippen molar-refractivity contribution in [1.29, 1.82) is 0 Å². The molecule has 0 radical (unpaired) electrons. The molecule has 6 heteroatoms. The summed E-state index contributed by atoms with van der Waals surface area (Å²) in [5.74, 6) is 0.188. The molecule has 0 aromatic rings. The molecule has 3 fully saturated rings. The molecule has 0 aromatic carbocycles. The Kier molecular flexibility index (Phi) is 4.68. The molecular formula is C16H27N3O3. The van der Waals surface area contributed by atoms with Crippen LogP contribution in [-0.2, 0) is 14.3 Å². The number of carbonyl (C=O) groups excluding carboxylic acids is 2. The van der Waals surface area contributed by atoms with Gasteiger partial charge in [0.1, 0.15) is 0 Å². The zero-order valence-electron chi connectivity index (χ0n) is 13.6. The normalized spacial score (nSPS) is 30.9. The molecule has 0 bridgehead atoms. The van der Waals surface area contributed by atoms with Crippen LogP contribution in [0.2, 0.25) is 0 Å². The Balaban J connectivity index is 1.67. The van der Waals surface area contributed by atoms with Gasteiger partial charge in [0, 0.05) is 20.1 Å². The van der Waals surface area contributed by atoms with Crippen LogP contribution in [0.4, 0.5) is 0 Å². The van der Waals surface area contributed by atoms with Crippen molar-refractivity contribution in [1.82, 2.24) is 14.7 Å². The molecule has 22 heavy (non-hydrogen) atoms. The predicted octanol–water partition coefficient (Wildman–Crippen LogP) is 0.322. The van der Waals surface area contributed by atoms with Crippen molar-refractivity contribution in [3.63, 3.8) is 0 Å². The fourth-order valence-corrected chi connectivity index (χ4v) is 3.83. The van der Waals surface area contributed by atoms with E-state index in [2.05, 4.69) is 4.90 Å². The average Bonchev–Trinajstić information content (AvgIpc) is 2.99. The fraction of sp³-hybridized carbons (Fsp3) is 0.875. The summed E-state index contributed by atoms with van der Waals surface area (Å²) in [7, 11) is 1.84. The van der Waals surface area contributed by atoms with Crippen molar-refractivity contribution < 1.29 is 14.3 Å². The first-order valence-electron chi connectivity index (χ1n) is 8.50. The summed E-state index contributed by atoms with van der Waals surface area (Å²) in [6.45, 7) is 4.79. The lowest BCUT2D eigenvalue weighted by molar-refractivity contribution is -0.173. The third-order valence-corrected chi connectivity index (χ3v) is 5.16. The number of nitrogens with zero attached hydrogens (tertiary/aromatic N) is 3.